The Labute approximate surface area is 79.5 Å². The second-order valence-electron chi connectivity index (χ2n) is 4.16. The molecule has 0 spiro atoms. The number of nitrogens with zero attached hydrogens (tertiary/aromatic N) is 1. The summed E-state index contributed by atoms with van der Waals surface area (Å²) in [5.74, 6) is 0.912. The fraction of sp³-hybridized carbons (Fsp3) is 0.900. The number of hydrogen-bond donors (Lipinski definition) is 1. The van der Waals surface area contributed by atoms with E-state index in [0.29, 0.717) is 0 Å². The highest BCUT2D eigenvalue weighted by molar-refractivity contribution is 5.74. The molecule has 1 saturated carbocycles. The molecule has 0 aromatic heterocycles. The Hall–Kier alpha value is -0.730. The van der Waals surface area contributed by atoms with Crippen LogP contribution in [0.4, 0.5) is 4.79 Å². The van der Waals surface area contributed by atoms with Crippen LogP contribution in [-0.2, 0) is 0 Å². The molecule has 13 heavy (non-hydrogen) atoms. The first kappa shape index (κ1) is 8.85. The number of amides is 2. The van der Waals surface area contributed by atoms with Crippen molar-refractivity contribution in [3.63, 3.8) is 0 Å². The minimum absolute atomic E-state index is 0.144. The second-order valence-corrected chi connectivity index (χ2v) is 4.16. The molecule has 1 N–H and O–H groups in total. The van der Waals surface area contributed by atoms with Gasteiger partial charge in [-0.3, -0.25) is 0 Å². The van der Waals surface area contributed by atoms with E-state index in [9.17, 15) is 4.79 Å². The molecule has 0 unspecified atom stereocenters. The lowest BCUT2D eigenvalue weighted by molar-refractivity contribution is 0.174. The zero-order chi connectivity index (χ0) is 9.10. The van der Waals surface area contributed by atoms with Crippen LogP contribution in [0.5, 0.6) is 0 Å². The van der Waals surface area contributed by atoms with Crippen molar-refractivity contribution >= 4 is 6.03 Å². The molecule has 2 aliphatic rings. The molecule has 2 rings (SSSR count). The van der Waals surface area contributed by atoms with Crippen molar-refractivity contribution in [1.29, 1.82) is 0 Å². The van der Waals surface area contributed by atoms with Crippen LogP contribution in [0.25, 0.3) is 0 Å². The van der Waals surface area contributed by atoms with Crippen LogP contribution in [0.1, 0.15) is 32.1 Å². The van der Waals surface area contributed by atoms with Crippen LogP contribution in [0.2, 0.25) is 0 Å². The van der Waals surface area contributed by atoms with Gasteiger partial charge in [0.25, 0.3) is 0 Å². The summed E-state index contributed by atoms with van der Waals surface area (Å²) in [7, 11) is 0. The summed E-state index contributed by atoms with van der Waals surface area (Å²) < 4.78 is 0. The molecular formula is C10H18N2O. The van der Waals surface area contributed by atoms with E-state index in [1.165, 1.54) is 25.7 Å². The van der Waals surface area contributed by atoms with Crippen LogP contribution >= 0.6 is 0 Å². The van der Waals surface area contributed by atoms with E-state index in [-0.39, 0.29) is 6.03 Å². The van der Waals surface area contributed by atoms with Gasteiger partial charge in [0.15, 0.2) is 0 Å². The molecule has 1 saturated heterocycles. The molecule has 1 heterocycles. The molecule has 2 fully saturated rings. The zero-order valence-electron chi connectivity index (χ0n) is 8.09. The lowest BCUT2D eigenvalue weighted by atomic mass is 9.83. The molecule has 1 aliphatic carbocycles. The average molecular weight is 182 g/mol. The van der Waals surface area contributed by atoms with Crippen LogP contribution in [0.3, 0.4) is 0 Å². The fourth-order valence-electron chi connectivity index (χ4n) is 2.01. The third kappa shape index (κ3) is 2.14. The second kappa shape index (κ2) is 3.99. The number of hydrogen-bond acceptors (Lipinski definition) is 1. The first-order valence-electron chi connectivity index (χ1n) is 5.39. The summed E-state index contributed by atoms with van der Waals surface area (Å²) >= 11 is 0. The van der Waals surface area contributed by atoms with Crippen LogP contribution in [0.15, 0.2) is 0 Å². The normalized spacial score (nSPS) is 24.0. The predicted octanol–water partition coefficient (Wildman–Crippen LogP) is 1.59. The third-order valence-electron chi connectivity index (χ3n) is 3.20. The molecule has 3 nitrogen and oxygen atoms in total. The molecule has 0 aromatic carbocycles. The zero-order valence-corrected chi connectivity index (χ0v) is 8.09. The Kier molecular flexibility index (Phi) is 2.71. The lowest BCUT2D eigenvalue weighted by Crippen LogP contribution is -2.47. The van der Waals surface area contributed by atoms with Gasteiger partial charge in [-0.25, -0.2) is 4.79 Å². The molecule has 0 radical (unpaired) electrons. The van der Waals surface area contributed by atoms with Crippen molar-refractivity contribution in [1.82, 2.24) is 10.2 Å². The standard InChI is InChI=1S/C10H18N2O/c13-10-11-6-2-7-12(10)8-5-9-3-1-4-9/h9H,1-8H2,(H,11,13). The molecule has 0 bridgehead atoms. The quantitative estimate of drug-likeness (QED) is 0.706. The first-order chi connectivity index (χ1) is 6.36. The Morgan fingerprint density at radius 2 is 2.23 bits per heavy atom. The topological polar surface area (TPSA) is 32.3 Å². The van der Waals surface area contributed by atoms with Crippen molar-refractivity contribution in [2.45, 2.75) is 32.1 Å². The first-order valence-corrected chi connectivity index (χ1v) is 5.39. The maximum absolute atomic E-state index is 11.3. The molecule has 2 amide bonds. The van der Waals surface area contributed by atoms with E-state index in [4.69, 9.17) is 0 Å². The number of carbonyl (C=O) groups is 1. The van der Waals surface area contributed by atoms with Crippen LogP contribution in [0, 0.1) is 5.92 Å². The maximum Gasteiger partial charge on any atom is 0.317 e. The summed E-state index contributed by atoms with van der Waals surface area (Å²) in [4.78, 5) is 13.3. The van der Waals surface area contributed by atoms with Gasteiger partial charge in [-0.2, -0.15) is 0 Å². The van der Waals surface area contributed by atoms with Gasteiger partial charge in [0.2, 0.25) is 0 Å². The molecular weight excluding hydrogens is 164 g/mol. The molecule has 0 atom stereocenters. The minimum Gasteiger partial charge on any atom is -0.338 e. The van der Waals surface area contributed by atoms with Crippen molar-refractivity contribution in [3.05, 3.63) is 0 Å². The van der Waals surface area contributed by atoms with Gasteiger partial charge >= 0.3 is 6.03 Å². The van der Waals surface area contributed by atoms with Gasteiger partial charge in [-0.05, 0) is 18.8 Å². The van der Waals surface area contributed by atoms with Crippen LogP contribution < -0.4 is 5.32 Å². The van der Waals surface area contributed by atoms with E-state index in [0.717, 1.165) is 32.0 Å². The van der Waals surface area contributed by atoms with Crippen molar-refractivity contribution in [3.8, 4) is 0 Å². The van der Waals surface area contributed by atoms with Gasteiger partial charge in [0.1, 0.15) is 0 Å². The van der Waals surface area contributed by atoms with Gasteiger partial charge in [0, 0.05) is 19.6 Å². The Morgan fingerprint density at radius 3 is 2.85 bits per heavy atom. The fourth-order valence-corrected chi connectivity index (χ4v) is 2.01. The molecule has 1 aliphatic heterocycles. The third-order valence-corrected chi connectivity index (χ3v) is 3.20. The van der Waals surface area contributed by atoms with Gasteiger partial charge in [-0.15, -0.1) is 0 Å². The summed E-state index contributed by atoms with van der Waals surface area (Å²) in [6.07, 6.45) is 6.49. The summed E-state index contributed by atoms with van der Waals surface area (Å²) in [5, 5.41) is 2.88. The predicted molar refractivity (Wildman–Crippen MR) is 51.5 cm³/mol. The average Bonchev–Trinajstić information content (AvgIpc) is 2.05. The van der Waals surface area contributed by atoms with Crippen molar-refractivity contribution in [2.24, 2.45) is 5.92 Å². The van der Waals surface area contributed by atoms with E-state index in [1.54, 1.807) is 0 Å². The molecule has 3 heteroatoms. The van der Waals surface area contributed by atoms with Crippen LogP contribution in [-0.4, -0.2) is 30.6 Å². The summed E-state index contributed by atoms with van der Waals surface area (Å²) in [6, 6.07) is 0.144. The lowest BCUT2D eigenvalue weighted by Gasteiger charge is -2.31. The minimum atomic E-state index is 0.144. The monoisotopic (exact) mass is 182 g/mol. The highest BCUT2D eigenvalue weighted by atomic mass is 16.2. The number of urea groups is 1. The van der Waals surface area contributed by atoms with E-state index in [1.807, 2.05) is 4.90 Å². The Morgan fingerprint density at radius 1 is 1.38 bits per heavy atom. The van der Waals surface area contributed by atoms with Crippen molar-refractivity contribution < 1.29 is 4.79 Å². The molecule has 74 valence electrons. The van der Waals surface area contributed by atoms with E-state index >= 15 is 0 Å². The smallest absolute Gasteiger partial charge is 0.317 e. The maximum atomic E-state index is 11.3. The van der Waals surface area contributed by atoms with Gasteiger partial charge < -0.3 is 10.2 Å². The Bertz CT molecular complexity index is 189. The highest BCUT2D eigenvalue weighted by Gasteiger charge is 2.21. The summed E-state index contributed by atoms with van der Waals surface area (Å²) in [6.45, 7) is 2.79. The molecule has 0 aromatic rings. The van der Waals surface area contributed by atoms with E-state index in [2.05, 4.69) is 5.32 Å². The SMILES string of the molecule is O=C1NCCCN1CCC1CCC1. The number of nitrogens with one attached hydrogen (secondary N) is 1. The highest BCUT2D eigenvalue weighted by Crippen LogP contribution is 2.29. The Balaban J connectivity index is 1.69. The largest absolute Gasteiger partial charge is 0.338 e. The van der Waals surface area contributed by atoms with Crippen molar-refractivity contribution in [2.75, 3.05) is 19.6 Å². The van der Waals surface area contributed by atoms with E-state index < -0.39 is 0 Å². The van der Waals surface area contributed by atoms with Gasteiger partial charge in [0.05, 0.1) is 0 Å². The number of rotatable bonds is 3. The number of carbonyl (C=O) groups excluding carboxylic acids is 1. The summed E-state index contributed by atoms with van der Waals surface area (Å²) in [5.41, 5.74) is 0. The van der Waals surface area contributed by atoms with Gasteiger partial charge in [-0.1, -0.05) is 19.3 Å².